The van der Waals surface area contributed by atoms with Crippen LogP contribution in [0.15, 0.2) is 18.2 Å². The lowest BCUT2D eigenvalue weighted by molar-refractivity contribution is 0.0501. The number of unbranched alkanes of at least 4 members (excludes halogenated alkanes) is 1. The van der Waals surface area contributed by atoms with Crippen LogP contribution in [0.2, 0.25) is 0 Å². The lowest BCUT2D eigenvalue weighted by Gasteiger charge is -2.04. The lowest BCUT2D eigenvalue weighted by Crippen LogP contribution is -2.07. The third kappa shape index (κ3) is 3.58. The van der Waals surface area contributed by atoms with Crippen molar-refractivity contribution in [2.75, 3.05) is 12.3 Å². The third-order valence-corrected chi connectivity index (χ3v) is 1.82. The smallest absolute Gasteiger partial charge is 0.338 e. The minimum Gasteiger partial charge on any atom is -0.462 e. The monoisotopic (exact) mass is 222 g/mol. The fourth-order valence-electron chi connectivity index (χ4n) is 1.13. The summed E-state index contributed by atoms with van der Waals surface area (Å²) in [6.07, 6.45) is 0.783. The van der Waals surface area contributed by atoms with Gasteiger partial charge in [-0.15, -0.1) is 0 Å². The molecule has 0 saturated carbocycles. The molecule has 5 heteroatoms. The summed E-state index contributed by atoms with van der Waals surface area (Å²) in [6, 6.07) is 5.45. The van der Waals surface area contributed by atoms with Gasteiger partial charge in [0.05, 0.1) is 18.2 Å². The second-order valence-corrected chi connectivity index (χ2v) is 3.17. The molecule has 0 amide bonds. The van der Waals surface area contributed by atoms with Crippen molar-refractivity contribution in [1.29, 1.82) is 5.26 Å². The van der Waals surface area contributed by atoms with E-state index in [0.717, 1.165) is 12.1 Å². The molecule has 4 nitrogen and oxygen atoms in total. The fraction of sp³-hybridized carbons (Fsp3) is 0.273. The highest BCUT2D eigenvalue weighted by atomic mass is 19.1. The first-order valence-corrected chi connectivity index (χ1v) is 4.73. The molecule has 84 valence electrons. The van der Waals surface area contributed by atoms with E-state index in [1.54, 1.807) is 0 Å². The molecular weight excluding hydrogens is 211 g/mol. The van der Waals surface area contributed by atoms with E-state index in [2.05, 4.69) is 0 Å². The summed E-state index contributed by atoms with van der Waals surface area (Å²) in [7, 11) is 0. The molecule has 1 aromatic carbocycles. The number of benzene rings is 1. The van der Waals surface area contributed by atoms with E-state index in [1.165, 1.54) is 6.07 Å². The SMILES string of the molecule is N#CCCCOC(=O)c1cc(N)cc(F)c1. The van der Waals surface area contributed by atoms with Crippen molar-refractivity contribution in [2.24, 2.45) is 0 Å². The predicted octanol–water partition coefficient (Wildman–Crippen LogP) is 1.87. The summed E-state index contributed by atoms with van der Waals surface area (Å²) in [5, 5.41) is 8.26. The first-order chi connectivity index (χ1) is 7.63. The zero-order valence-electron chi connectivity index (χ0n) is 8.57. The molecule has 0 aliphatic heterocycles. The highest BCUT2D eigenvalue weighted by Gasteiger charge is 2.09. The zero-order valence-corrected chi connectivity index (χ0v) is 8.57. The largest absolute Gasteiger partial charge is 0.462 e. The number of nitrogen functional groups attached to an aromatic ring is 1. The Balaban J connectivity index is 2.56. The van der Waals surface area contributed by atoms with Gasteiger partial charge in [-0.2, -0.15) is 5.26 Å². The number of carbonyl (C=O) groups is 1. The number of nitrogens with two attached hydrogens (primary N) is 1. The normalized spacial score (nSPS) is 9.50. The third-order valence-electron chi connectivity index (χ3n) is 1.82. The molecular formula is C11H11FN2O2. The highest BCUT2D eigenvalue weighted by Crippen LogP contribution is 2.11. The molecule has 0 aliphatic carbocycles. The number of nitrogens with zero attached hydrogens (tertiary/aromatic N) is 1. The van der Waals surface area contributed by atoms with Gasteiger partial charge in [0.15, 0.2) is 0 Å². The molecule has 0 fully saturated rings. The standard InChI is InChI=1S/C11H11FN2O2/c12-9-5-8(6-10(14)7-9)11(15)16-4-2-1-3-13/h5-7H,1-2,4,14H2. The molecule has 0 atom stereocenters. The van der Waals surface area contributed by atoms with Crippen LogP contribution in [0.5, 0.6) is 0 Å². The van der Waals surface area contributed by atoms with Crippen LogP contribution in [-0.4, -0.2) is 12.6 Å². The molecule has 16 heavy (non-hydrogen) atoms. The topological polar surface area (TPSA) is 76.1 Å². The van der Waals surface area contributed by atoms with E-state index in [0.29, 0.717) is 12.8 Å². The van der Waals surface area contributed by atoms with Crippen LogP contribution in [0.4, 0.5) is 10.1 Å². The van der Waals surface area contributed by atoms with Gasteiger partial charge in [-0.1, -0.05) is 0 Å². The molecule has 1 aromatic rings. The molecule has 0 aromatic heterocycles. The zero-order chi connectivity index (χ0) is 12.0. The van der Waals surface area contributed by atoms with Crippen molar-refractivity contribution in [3.05, 3.63) is 29.6 Å². The number of rotatable bonds is 4. The Kier molecular flexibility index (Phi) is 4.28. The Morgan fingerprint density at radius 3 is 2.88 bits per heavy atom. The molecule has 0 unspecified atom stereocenters. The summed E-state index contributed by atoms with van der Waals surface area (Å²) in [6.45, 7) is 0.142. The van der Waals surface area contributed by atoms with E-state index < -0.39 is 11.8 Å². The maximum atomic E-state index is 12.9. The highest BCUT2D eigenvalue weighted by molar-refractivity contribution is 5.90. The van der Waals surface area contributed by atoms with Gasteiger partial charge in [-0.25, -0.2) is 9.18 Å². The van der Waals surface area contributed by atoms with Crippen LogP contribution in [0.1, 0.15) is 23.2 Å². The van der Waals surface area contributed by atoms with E-state index in [-0.39, 0.29) is 17.9 Å². The first kappa shape index (κ1) is 12.0. The minimum absolute atomic E-state index is 0.0782. The molecule has 1 rings (SSSR count). The Bertz CT molecular complexity index is 406. The Morgan fingerprint density at radius 1 is 1.50 bits per heavy atom. The second-order valence-electron chi connectivity index (χ2n) is 3.17. The van der Waals surface area contributed by atoms with Gasteiger partial charge in [0.25, 0.3) is 0 Å². The number of halogens is 1. The second kappa shape index (κ2) is 5.71. The first-order valence-electron chi connectivity index (χ1n) is 4.73. The van der Waals surface area contributed by atoms with Gasteiger partial charge in [0.2, 0.25) is 0 Å². The Morgan fingerprint density at radius 2 is 2.25 bits per heavy atom. The summed E-state index contributed by atoms with van der Waals surface area (Å²) >= 11 is 0. The maximum absolute atomic E-state index is 12.9. The fourth-order valence-corrected chi connectivity index (χ4v) is 1.13. The molecule has 2 N–H and O–H groups in total. The Hall–Kier alpha value is -2.09. The van der Waals surface area contributed by atoms with Crippen molar-refractivity contribution in [2.45, 2.75) is 12.8 Å². The number of hydrogen-bond acceptors (Lipinski definition) is 4. The average molecular weight is 222 g/mol. The number of hydrogen-bond donors (Lipinski definition) is 1. The van der Waals surface area contributed by atoms with Crippen LogP contribution in [0, 0.1) is 17.1 Å². The van der Waals surface area contributed by atoms with Crippen LogP contribution >= 0.6 is 0 Å². The average Bonchev–Trinajstić information content (AvgIpc) is 2.22. The van der Waals surface area contributed by atoms with Crippen molar-refractivity contribution >= 4 is 11.7 Å². The number of nitriles is 1. The van der Waals surface area contributed by atoms with Crippen molar-refractivity contribution < 1.29 is 13.9 Å². The predicted molar refractivity (Wildman–Crippen MR) is 55.9 cm³/mol. The molecule has 0 spiro atoms. The van der Waals surface area contributed by atoms with Crippen LogP contribution in [0.25, 0.3) is 0 Å². The Labute approximate surface area is 92.4 Å². The van der Waals surface area contributed by atoms with E-state index in [9.17, 15) is 9.18 Å². The summed E-state index contributed by atoms with van der Waals surface area (Å²) in [4.78, 5) is 11.4. The van der Waals surface area contributed by atoms with Gasteiger partial charge in [0, 0.05) is 12.1 Å². The van der Waals surface area contributed by atoms with Gasteiger partial charge in [0.1, 0.15) is 5.82 Å². The van der Waals surface area contributed by atoms with Gasteiger partial charge < -0.3 is 10.5 Å². The molecule has 0 aliphatic rings. The lowest BCUT2D eigenvalue weighted by atomic mass is 10.2. The molecule has 0 heterocycles. The number of carbonyl (C=O) groups excluding carboxylic acids is 1. The van der Waals surface area contributed by atoms with Gasteiger partial charge in [-0.05, 0) is 24.6 Å². The van der Waals surface area contributed by atoms with Gasteiger partial charge in [-0.3, -0.25) is 0 Å². The van der Waals surface area contributed by atoms with Crippen molar-refractivity contribution in [3.8, 4) is 6.07 Å². The molecule has 0 bridgehead atoms. The summed E-state index contributed by atoms with van der Waals surface area (Å²) < 4.78 is 17.7. The quantitative estimate of drug-likeness (QED) is 0.479. The minimum atomic E-state index is -0.635. The van der Waals surface area contributed by atoms with E-state index in [1.807, 2.05) is 6.07 Å². The number of esters is 1. The molecule has 0 radical (unpaired) electrons. The summed E-state index contributed by atoms with van der Waals surface area (Å²) in [5.41, 5.74) is 5.63. The molecule has 0 saturated heterocycles. The van der Waals surface area contributed by atoms with Crippen LogP contribution in [-0.2, 0) is 4.74 Å². The maximum Gasteiger partial charge on any atom is 0.338 e. The van der Waals surface area contributed by atoms with Crippen LogP contribution in [0.3, 0.4) is 0 Å². The van der Waals surface area contributed by atoms with Crippen LogP contribution < -0.4 is 5.73 Å². The van der Waals surface area contributed by atoms with Crippen molar-refractivity contribution in [3.63, 3.8) is 0 Å². The number of ether oxygens (including phenoxy) is 1. The van der Waals surface area contributed by atoms with E-state index >= 15 is 0 Å². The van der Waals surface area contributed by atoms with Crippen molar-refractivity contribution in [1.82, 2.24) is 0 Å². The van der Waals surface area contributed by atoms with Gasteiger partial charge >= 0.3 is 5.97 Å². The number of anilines is 1. The van der Waals surface area contributed by atoms with E-state index in [4.69, 9.17) is 15.7 Å². The summed E-state index contributed by atoms with van der Waals surface area (Å²) in [5.74, 6) is -1.21.